The third-order valence-electron chi connectivity index (χ3n) is 4.91. The molecule has 2 heterocycles. The highest BCUT2D eigenvalue weighted by molar-refractivity contribution is 8.07. The van der Waals surface area contributed by atoms with Crippen LogP contribution in [0.15, 0.2) is 51.1 Å². The summed E-state index contributed by atoms with van der Waals surface area (Å²) in [4.78, 5) is 40.9. The normalized spacial score (nSPS) is 18.4. The van der Waals surface area contributed by atoms with Crippen molar-refractivity contribution >= 4 is 29.5 Å². The Hall–Kier alpha value is -3.00. The van der Waals surface area contributed by atoms with E-state index in [9.17, 15) is 19.5 Å². The number of hydrogen-bond donors (Lipinski definition) is 1. The molecule has 0 fully saturated rings. The highest BCUT2D eigenvalue weighted by atomic mass is 32.2. The summed E-state index contributed by atoms with van der Waals surface area (Å²) >= 11 is 1.33. The maximum atomic E-state index is 13.3. The number of esters is 2. The second kappa shape index (κ2) is 7.79. The molecule has 0 amide bonds. The van der Waals surface area contributed by atoms with E-state index in [1.807, 2.05) is 13.8 Å². The molecule has 0 aliphatic carbocycles. The second-order valence-electron chi connectivity index (χ2n) is 6.70. The first-order valence-corrected chi connectivity index (χ1v) is 9.63. The lowest BCUT2D eigenvalue weighted by Crippen LogP contribution is -2.44. The fourth-order valence-corrected chi connectivity index (χ4v) is 4.43. The number of ketones is 1. The first kappa shape index (κ1) is 20.7. The second-order valence-corrected chi connectivity index (χ2v) is 7.90. The summed E-state index contributed by atoms with van der Waals surface area (Å²) in [5, 5.41) is 10.7. The molecular formula is C21H21NO6S. The van der Waals surface area contributed by atoms with Crippen molar-refractivity contribution in [1.29, 1.82) is 0 Å². The van der Waals surface area contributed by atoms with Crippen LogP contribution in [0.1, 0.15) is 29.8 Å². The molecule has 2 aliphatic heterocycles. The zero-order chi connectivity index (χ0) is 21.5. The van der Waals surface area contributed by atoms with Gasteiger partial charge in [0, 0.05) is 10.6 Å². The molecule has 0 saturated carbocycles. The lowest BCUT2D eigenvalue weighted by Gasteiger charge is -2.34. The standard InChI is InChI=1S/C21H21NO6S/c1-10-6-7-16(23)13(8-10)18(24)15-9-14(20(25)27-4)17(21(26)28-5)22-11(2)12(3)29-19(15)22/h6-9,17,23H,1-5H3. The van der Waals surface area contributed by atoms with Crippen LogP contribution in [0.3, 0.4) is 0 Å². The van der Waals surface area contributed by atoms with Gasteiger partial charge in [0.2, 0.25) is 0 Å². The first-order valence-electron chi connectivity index (χ1n) is 8.82. The van der Waals surface area contributed by atoms with Gasteiger partial charge in [0.25, 0.3) is 0 Å². The molecule has 29 heavy (non-hydrogen) atoms. The van der Waals surface area contributed by atoms with Crippen molar-refractivity contribution in [3.63, 3.8) is 0 Å². The molecule has 1 aromatic carbocycles. The van der Waals surface area contributed by atoms with E-state index in [1.165, 1.54) is 38.1 Å². The molecule has 0 radical (unpaired) electrons. The van der Waals surface area contributed by atoms with E-state index >= 15 is 0 Å². The van der Waals surface area contributed by atoms with Gasteiger partial charge in [-0.15, -0.1) is 0 Å². The quantitative estimate of drug-likeness (QED) is 0.593. The molecule has 152 valence electrons. The van der Waals surface area contributed by atoms with Crippen LogP contribution in [0.2, 0.25) is 0 Å². The Morgan fingerprint density at radius 2 is 1.79 bits per heavy atom. The Bertz CT molecular complexity index is 1020. The van der Waals surface area contributed by atoms with Gasteiger partial charge in [-0.1, -0.05) is 23.4 Å². The van der Waals surface area contributed by atoms with Crippen LogP contribution >= 0.6 is 11.8 Å². The van der Waals surface area contributed by atoms with Gasteiger partial charge in [-0.2, -0.15) is 0 Å². The number of methoxy groups -OCH3 is 2. The van der Waals surface area contributed by atoms with E-state index in [2.05, 4.69) is 0 Å². The van der Waals surface area contributed by atoms with E-state index < -0.39 is 23.8 Å². The van der Waals surface area contributed by atoms with Crippen molar-refractivity contribution in [2.24, 2.45) is 0 Å². The van der Waals surface area contributed by atoms with Gasteiger partial charge in [-0.25, -0.2) is 9.59 Å². The number of carbonyl (C=O) groups is 3. The minimum Gasteiger partial charge on any atom is -0.507 e. The first-order chi connectivity index (χ1) is 13.7. The van der Waals surface area contributed by atoms with E-state index in [4.69, 9.17) is 9.47 Å². The number of phenols is 1. The summed E-state index contributed by atoms with van der Waals surface area (Å²) < 4.78 is 9.77. The maximum Gasteiger partial charge on any atom is 0.336 e. The highest BCUT2D eigenvalue weighted by Crippen LogP contribution is 2.48. The third-order valence-corrected chi connectivity index (χ3v) is 6.12. The summed E-state index contributed by atoms with van der Waals surface area (Å²) in [5.74, 6) is -1.99. The fourth-order valence-electron chi connectivity index (χ4n) is 3.29. The van der Waals surface area contributed by atoms with Gasteiger partial charge in [0.15, 0.2) is 11.8 Å². The number of fused-ring (bicyclic) bond motifs is 1. The Morgan fingerprint density at radius 1 is 1.10 bits per heavy atom. The molecule has 0 saturated heterocycles. The van der Waals surface area contributed by atoms with Gasteiger partial charge >= 0.3 is 11.9 Å². The van der Waals surface area contributed by atoms with Crippen LogP contribution < -0.4 is 0 Å². The zero-order valence-electron chi connectivity index (χ0n) is 16.7. The van der Waals surface area contributed by atoms with Crippen molar-refractivity contribution in [2.75, 3.05) is 14.2 Å². The molecule has 8 heteroatoms. The molecule has 3 rings (SSSR count). The third kappa shape index (κ3) is 3.44. The van der Waals surface area contributed by atoms with Crippen molar-refractivity contribution in [3.05, 3.63) is 62.2 Å². The molecule has 1 unspecified atom stereocenters. The SMILES string of the molecule is COC(=O)C1=CC(C(=O)c2cc(C)ccc2O)=C2SC(C)=C(C)N2C1C(=O)OC. The average molecular weight is 415 g/mol. The van der Waals surface area contributed by atoms with Crippen LogP contribution in [0.25, 0.3) is 0 Å². The smallest absolute Gasteiger partial charge is 0.336 e. The molecular weight excluding hydrogens is 394 g/mol. The Morgan fingerprint density at radius 3 is 2.41 bits per heavy atom. The lowest BCUT2D eigenvalue weighted by atomic mass is 9.93. The van der Waals surface area contributed by atoms with Crippen molar-refractivity contribution in [2.45, 2.75) is 26.8 Å². The number of benzene rings is 1. The van der Waals surface area contributed by atoms with Gasteiger partial charge in [-0.05, 0) is 39.0 Å². The minimum absolute atomic E-state index is 0.00626. The molecule has 0 spiro atoms. The monoisotopic (exact) mass is 415 g/mol. The van der Waals surface area contributed by atoms with E-state index in [1.54, 1.807) is 24.0 Å². The predicted octanol–water partition coefficient (Wildman–Crippen LogP) is 3.05. The van der Waals surface area contributed by atoms with Gasteiger partial charge < -0.3 is 19.5 Å². The number of hydrogen-bond acceptors (Lipinski definition) is 8. The number of aromatic hydroxyl groups is 1. The summed E-state index contributed by atoms with van der Waals surface area (Å²) in [6.07, 6.45) is 1.36. The molecule has 1 atom stereocenters. The average Bonchev–Trinajstić information content (AvgIpc) is 3.01. The summed E-state index contributed by atoms with van der Waals surface area (Å²) in [7, 11) is 2.44. The van der Waals surface area contributed by atoms with E-state index in [-0.39, 0.29) is 22.5 Å². The molecule has 7 nitrogen and oxygen atoms in total. The molecule has 2 aliphatic rings. The molecule has 0 bridgehead atoms. The molecule has 0 aromatic heterocycles. The number of rotatable bonds is 4. The fraction of sp³-hybridized carbons (Fsp3) is 0.286. The summed E-state index contributed by atoms with van der Waals surface area (Å²) in [5.41, 5.74) is 1.85. The zero-order valence-corrected chi connectivity index (χ0v) is 17.5. The van der Waals surface area contributed by atoms with Gasteiger partial charge in [0.05, 0.1) is 36.0 Å². The van der Waals surface area contributed by atoms with Crippen molar-refractivity contribution in [1.82, 2.24) is 4.90 Å². The number of phenolic OH excluding ortho intramolecular Hbond substituents is 1. The maximum absolute atomic E-state index is 13.3. The number of aryl methyl sites for hydroxylation is 1. The van der Waals surface area contributed by atoms with Crippen LogP contribution in [0, 0.1) is 6.92 Å². The topological polar surface area (TPSA) is 93.1 Å². The van der Waals surface area contributed by atoms with E-state index in [0.29, 0.717) is 5.03 Å². The number of nitrogens with zero attached hydrogens (tertiary/aromatic N) is 1. The lowest BCUT2D eigenvalue weighted by molar-refractivity contribution is -0.147. The largest absolute Gasteiger partial charge is 0.507 e. The predicted molar refractivity (Wildman–Crippen MR) is 108 cm³/mol. The van der Waals surface area contributed by atoms with Crippen LogP contribution in [-0.2, 0) is 19.1 Å². The van der Waals surface area contributed by atoms with Crippen LogP contribution in [0.5, 0.6) is 5.75 Å². The van der Waals surface area contributed by atoms with Crippen LogP contribution in [-0.4, -0.2) is 48.0 Å². The molecule has 1 aromatic rings. The number of allylic oxidation sites excluding steroid dienone is 4. The highest BCUT2D eigenvalue weighted by Gasteiger charge is 2.45. The van der Waals surface area contributed by atoms with Crippen molar-refractivity contribution < 1.29 is 29.0 Å². The van der Waals surface area contributed by atoms with E-state index in [0.717, 1.165) is 16.2 Å². The number of carbonyl (C=O) groups excluding carboxylic acids is 3. The van der Waals surface area contributed by atoms with Crippen LogP contribution in [0.4, 0.5) is 0 Å². The number of Topliss-reactive ketones (excluding diaryl/α,β-unsaturated/α-hetero) is 1. The number of ether oxygens (including phenoxy) is 2. The Labute approximate surface area is 172 Å². The minimum atomic E-state index is -1.06. The van der Waals surface area contributed by atoms with Gasteiger partial charge in [-0.3, -0.25) is 4.79 Å². The summed E-state index contributed by atoms with van der Waals surface area (Å²) in [6, 6.07) is 3.67. The van der Waals surface area contributed by atoms with Crippen molar-refractivity contribution in [3.8, 4) is 5.75 Å². The molecule has 1 N–H and O–H groups in total. The summed E-state index contributed by atoms with van der Waals surface area (Å²) in [6.45, 7) is 5.48. The Kier molecular flexibility index (Phi) is 5.57. The van der Waals surface area contributed by atoms with Gasteiger partial charge in [0.1, 0.15) is 5.75 Å². The number of thioether (sulfide) groups is 1. The Balaban J connectivity index is 2.24.